The molecule has 27 heavy (non-hydrogen) atoms. The van der Waals surface area contributed by atoms with E-state index in [1.54, 1.807) is 6.07 Å². The Bertz CT molecular complexity index is 675. The lowest BCUT2D eigenvalue weighted by atomic mass is 9.83. The summed E-state index contributed by atoms with van der Waals surface area (Å²) in [5.74, 6) is 1.72. The second-order valence-electron chi connectivity index (χ2n) is 8.29. The Kier molecular flexibility index (Phi) is 5.76. The lowest BCUT2D eigenvalue weighted by molar-refractivity contribution is -0.126. The van der Waals surface area contributed by atoms with Crippen LogP contribution in [-0.4, -0.2) is 59.8 Å². The first kappa shape index (κ1) is 18.5. The molecule has 0 aliphatic carbocycles. The molecule has 148 valence electrons. The summed E-state index contributed by atoms with van der Waals surface area (Å²) < 4.78 is 0. The first-order valence-electron chi connectivity index (χ1n) is 10.5. The second kappa shape index (κ2) is 8.42. The zero-order chi connectivity index (χ0) is 18.6. The number of H-pyrrole nitrogens is 1. The third-order valence-electron chi connectivity index (χ3n) is 6.62. The highest BCUT2D eigenvalue weighted by molar-refractivity contribution is 5.79. The highest BCUT2D eigenvalue weighted by atomic mass is 16.2. The summed E-state index contributed by atoms with van der Waals surface area (Å²) in [5, 5.41) is 9.84. The lowest BCUT2D eigenvalue weighted by Crippen LogP contribution is -2.51. The minimum Gasteiger partial charge on any atom is -0.356 e. The fourth-order valence-electron chi connectivity index (χ4n) is 5.08. The summed E-state index contributed by atoms with van der Waals surface area (Å²) in [6, 6.07) is 3.93. The fraction of sp³-hybridized carbons (Fsp3) is 0.750. The minimum atomic E-state index is -0.188. The molecule has 3 aliphatic heterocycles. The number of carbonyl (C=O) groups excluding carboxylic acids is 1. The van der Waals surface area contributed by atoms with Crippen LogP contribution in [0.1, 0.15) is 44.9 Å². The molecule has 0 radical (unpaired) electrons. The van der Waals surface area contributed by atoms with E-state index in [0.717, 1.165) is 38.3 Å². The Morgan fingerprint density at radius 2 is 1.89 bits per heavy atom. The van der Waals surface area contributed by atoms with Crippen molar-refractivity contribution in [2.45, 2.75) is 51.0 Å². The standard InChI is InChI=1S/C20H31N5O2/c26-19-7-6-18(22-23-19)25-12-8-15(9-13-25)20(27)21-14-16-4-3-11-24-10-2-1-5-17(16)24/h6-7,15-17H,1-5,8-14H2,(H,21,27)(H,23,26)/t16-,17+/m1/s1. The van der Waals surface area contributed by atoms with E-state index in [1.165, 1.54) is 51.3 Å². The molecule has 0 bridgehead atoms. The smallest absolute Gasteiger partial charge is 0.264 e. The number of nitrogens with zero attached hydrogens (tertiary/aromatic N) is 3. The maximum atomic E-state index is 12.7. The van der Waals surface area contributed by atoms with Gasteiger partial charge in [0.25, 0.3) is 5.56 Å². The van der Waals surface area contributed by atoms with Crippen LogP contribution in [0.4, 0.5) is 5.82 Å². The number of carbonyl (C=O) groups is 1. The number of fused-ring (bicyclic) bond motifs is 1. The summed E-state index contributed by atoms with van der Waals surface area (Å²) >= 11 is 0. The largest absolute Gasteiger partial charge is 0.356 e. The van der Waals surface area contributed by atoms with E-state index in [4.69, 9.17) is 0 Å². The summed E-state index contributed by atoms with van der Waals surface area (Å²) in [5.41, 5.74) is -0.188. The van der Waals surface area contributed by atoms with Crippen LogP contribution >= 0.6 is 0 Å². The van der Waals surface area contributed by atoms with Crippen molar-refractivity contribution >= 4 is 11.7 Å². The van der Waals surface area contributed by atoms with E-state index in [-0.39, 0.29) is 17.4 Å². The molecule has 7 nitrogen and oxygen atoms in total. The van der Waals surface area contributed by atoms with Crippen LogP contribution in [0, 0.1) is 11.8 Å². The summed E-state index contributed by atoms with van der Waals surface area (Å²) in [7, 11) is 0. The maximum absolute atomic E-state index is 12.7. The van der Waals surface area contributed by atoms with E-state index in [1.807, 2.05) is 0 Å². The van der Waals surface area contributed by atoms with E-state index in [0.29, 0.717) is 12.0 Å². The Balaban J connectivity index is 1.24. The van der Waals surface area contributed by atoms with Gasteiger partial charge in [-0.15, -0.1) is 0 Å². The van der Waals surface area contributed by atoms with Gasteiger partial charge in [-0.3, -0.25) is 9.59 Å². The van der Waals surface area contributed by atoms with E-state index < -0.39 is 0 Å². The molecule has 2 N–H and O–H groups in total. The van der Waals surface area contributed by atoms with Gasteiger partial charge in [-0.2, -0.15) is 5.10 Å². The number of hydrogen-bond acceptors (Lipinski definition) is 5. The third kappa shape index (κ3) is 4.34. The predicted molar refractivity (Wildman–Crippen MR) is 105 cm³/mol. The molecule has 7 heteroatoms. The van der Waals surface area contributed by atoms with Crippen LogP contribution in [0.25, 0.3) is 0 Å². The van der Waals surface area contributed by atoms with Crippen LogP contribution < -0.4 is 15.8 Å². The van der Waals surface area contributed by atoms with Crippen molar-refractivity contribution in [2.75, 3.05) is 37.6 Å². The first-order chi connectivity index (χ1) is 13.2. The van der Waals surface area contributed by atoms with Crippen LogP contribution in [0.5, 0.6) is 0 Å². The van der Waals surface area contributed by atoms with Crippen LogP contribution in [0.3, 0.4) is 0 Å². The van der Waals surface area contributed by atoms with Gasteiger partial charge in [-0.25, -0.2) is 5.10 Å². The molecular weight excluding hydrogens is 342 g/mol. The molecule has 3 aliphatic rings. The number of anilines is 1. The number of aromatic nitrogens is 2. The third-order valence-corrected chi connectivity index (χ3v) is 6.62. The number of rotatable bonds is 4. The quantitative estimate of drug-likeness (QED) is 0.833. The zero-order valence-electron chi connectivity index (χ0n) is 16.0. The second-order valence-corrected chi connectivity index (χ2v) is 8.29. The molecule has 0 aromatic carbocycles. The van der Waals surface area contributed by atoms with E-state index in [9.17, 15) is 9.59 Å². The summed E-state index contributed by atoms with van der Waals surface area (Å²) in [4.78, 5) is 28.6. The van der Waals surface area contributed by atoms with Crippen molar-refractivity contribution in [1.29, 1.82) is 0 Å². The molecule has 1 amide bonds. The lowest BCUT2D eigenvalue weighted by Gasteiger charge is -2.44. The monoisotopic (exact) mass is 373 g/mol. The topological polar surface area (TPSA) is 81.3 Å². The number of aromatic amines is 1. The van der Waals surface area contributed by atoms with Crippen molar-refractivity contribution in [3.63, 3.8) is 0 Å². The summed E-state index contributed by atoms with van der Waals surface area (Å²) in [6.45, 7) is 4.92. The van der Waals surface area contributed by atoms with Crippen LogP contribution in [0.15, 0.2) is 16.9 Å². The highest BCUT2D eigenvalue weighted by Gasteiger charge is 2.33. The van der Waals surface area contributed by atoms with Gasteiger partial charge in [0.1, 0.15) is 5.82 Å². The van der Waals surface area contributed by atoms with Crippen molar-refractivity contribution < 1.29 is 4.79 Å². The summed E-state index contributed by atoms with van der Waals surface area (Å²) in [6.07, 6.45) is 8.16. The molecule has 0 spiro atoms. The van der Waals surface area contributed by atoms with Crippen molar-refractivity contribution in [3.8, 4) is 0 Å². The first-order valence-corrected chi connectivity index (χ1v) is 10.5. The zero-order valence-corrected chi connectivity index (χ0v) is 16.0. The van der Waals surface area contributed by atoms with Gasteiger partial charge in [0.15, 0.2) is 0 Å². The average Bonchev–Trinajstić information content (AvgIpc) is 2.72. The molecule has 3 fully saturated rings. The molecule has 1 aromatic heterocycles. The molecule has 0 unspecified atom stereocenters. The number of piperidine rings is 3. The Labute approximate surface area is 160 Å². The van der Waals surface area contributed by atoms with E-state index >= 15 is 0 Å². The molecular formula is C20H31N5O2. The molecule has 2 atom stereocenters. The van der Waals surface area contributed by atoms with Crippen molar-refractivity contribution in [2.24, 2.45) is 11.8 Å². The van der Waals surface area contributed by atoms with Gasteiger partial charge in [-0.05, 0) is 63.6 Å². The molecule has 4 heterocycles. The molecule has 4 rings (SSSR count). The Hall–Kier alpha value is -1.89. The van der Waals surface area contributed by atoms with E-state index in [2.05, 4.69) is 25.3 Å². The van der Waals surface area contributed by atoms with Gasteiger partial charge in [0, 0.05) is 37.7 Å². The Morgan fingerprint density at radius 3 is 2.67 bits per heavy atom. The SMILES string of the molecule is O=C(NC[C@H]1CCCN2CCCC[C@@H]12)C1CCN(c2ccc(=O)[nH]n2)CC1. The number of nitrogens with one attached hydrogen (secondary N) is 2. The van der Waals surface area contributed by atoms with Crippen LogP contribution in [0.2, 0.25) is 0 Å². The van der Waals surface area contributed by atoms with Gasteiger partial charge in [0.05, 0.1) is 0 Å². The van der Waals surface area contributed by atoms with Gasteiger partial charge >= 0.3 is 0 Å². The molecule has 0 saturated carbocycles. The normalized spacial score (nSPS) is 27.2. The molecule has 1 aromatic rings. The van der Waals surface area contributed by atoms with Crippen molar-refractivity contribution in [1.82, 2.24) is 20.4 Å². The van der Waals surface area contributed by atoms with Crippen LogP contribution in [-0.2, 0) is 4.79 Å². The highest BCUT2D eigenvalue weighted by Crippen LogP contribution is 2.30. The number of amides is 1. The Morgan fingerprint density at radius 1 is 1.07 bits per heavy atom. The average molecular weight is 374 g/mol. The number of hydrogen-bond donors (Lipinski definition) is 2. The van der Waals surface area contributed by atoms with Gasteiger partial charge in [0.2, 0.25) is 5.91 Å². The maximum Gasteiger partial charge on any atom is 0.264 e. The molecule has 3 saturated heterocycles. The van der Waals surface area contributed by atoms with Gasteiger partial charge in [-0.1, -0.05) is 6.42 Å². The minimum absolute atomic E-state index is 0.0926. The fourth-order valence-corrected chi connectivity index (χ4v) is 5.08. The van der Waals surface area contributed by atoms with Gasteiger partial charge < -0.3 is 15.1 Å². The predicted octanol–water partition coefficient (Wildman–Crippen LogP) is 1.37. The van der Waals surface area contributed by atoms with Crippen molar-refractivity contribution in [3.05, 3.63) is 22.5 Å².